The van der Waals surface area contributed by atoms with Crippen LogP contribution in [-0.4, -0.2) is 23.3 Å². The summed E-state index contributed by atoms with van der Waals surface area (Å²) >= 11 is 5.82. The molecule has 0 saturated carbocycles. The monoisotopic (exact) mass is 334 g/mol. The van der Waals surface area contributed by atoms with Gasteiger partial charge in [-0.3, -0.25) is 9.59 Å². The zero-order chi connectivity index (χ0) is 16.8. The van der Waals surface area contributed by atoms with Crippen molar-refractivity contribution in [1.82, 2.24) is 4.90 Å². The molecule has 0 aliphatic rings. The van der Waals surface area contributed by atoms with E-state index in [2.05, 4.69) is 5.32 Å². The molecule has 2 aromatic rings. The van der Waals surface area contributed by atoms with Crippen molar-refractivity contribution in [3.05, 3.63) is 64.9 Å². The summed E-state index contributed by atoms with van der Waals surface area (Å²) in [6, 6.07) is 12.6. The van der Waals surface area contributed by atoms with E-state index in [1.807, 2.05) is 0 Å². The van der Waals surface area contributed by atoms with E-state index in [-0.39, 0.29) is 18.4 Å². The highest BCUT2D eigenvalue weighted by Crippen LogP contribution is 2.12. The van der Waals surface area contributed by atoms with E-state index in [4.69, 9.17) is 11.6 Å². The van der Waals surface area contributed by atoms with Crippen molar-refractivity contribution >= 4 is 29.1 Å². The van der Waals surface area contributed by atoms with Gasteiger partial charge in [0.15, 0.2) is 0 Å². The predicted molar refractivity (Wildman–Crippen MR) is 87.6 cm³/mol. The topological polar surface area (TPSA) is 49.4 Å². The maximum Gasteiger partial charge on any atom is 0.244 e. The van der Waals surface area contributed by atoms with Crippen molar-refractivity contribution in [3.8, 4) is 0 Å². The zero-order valence-electron chi connectivity index (χ0n) is 12.6. The van der Waals surface area contributed by atoms with Gasteiger partial charge < -0.3 is 10.2 Å². The Morgan fingerprint density at radius 1 is 1.17 bits per heavy atom. The van der Waals surface area contributed by atoms with Gasteiger partial charge in [-0.15, -0.1) is 0 Å². The van der Waals surface area contributed by atoms with Crippen LogP contribution in [0.3, 0.4) is 0 Å². The van der Waals surface area contributed by atoms with Crippen LogP contribution in [0.25, 0.3) is 0 Å². The summed E-state index contributed by atoms with van der Waals surface area (Å²) in [4.78, 5) is 25.2. The Labute approximate surface area is 138 Å². The third-order valence-electron chi connectivity index (χ3n) is 3.17. The second kappa shape index (κ2) is 7.74. The molecule has 0 fully saturated rings. The van der Waals surface area contributed by atoms with E-state index in [1.165, 1.54) is 30.0 Å². The number of hydrogen-bond acceptors (Lipinski definition) is 2. The lowest BCUT2D eigenvalue weighted by atomic mass is 10.2. The first-order chi connectivity index (χ1) is 10.9. The minimum absolute atomic E-state index is 0.117. The fourth-order valence-electron chi connectivity index (χ4n) is 2.03. The molecular weight excluding hydrogens is 319 g/mol. The maximum atomic E-state index is 13.1. The number of nitrogens with one attached hydrogen (secondary N) is 1. The molecule has 0 heterocycles. The quantitative estimate of drug-likeness (QED) is 0.910. The van der Waals surface area contributed by atoms with Gasteiger partial charge in [0, 0.05) is 24.2 Å². The minimum Gasteiger partial charge on any atom is -0.329 e. The molecule has 0 aromatic heterocycles. The Kier molecular flexibility index (Phi) is 5.71. The zero-order valence-corrected chi connectivity index (χ0v) is 13.3. The van der Waals surface area contributed by atoms with Gasteiger partial charge in [0.25, 0.3) is 0 Å². The number of carbonyl (C=O) groups excluding carboxylic acids is 2. The third-order valence-corrected chi connectivity index (χ3v) is 3.43. The molecule has 2 rings (SSSR count). The Bertz CT molecular complexity index is 704. The lowest BCUT2D eigenvalue weighted by Crippen LogP contribution is -2.36. The number of carbonyl (C=O) groups is 2. The Hall–Kier alpha value is -2.40. The van der Waals surface area contributed by atoms with E-state index in [0.29, 0.717) is 17.3 Å². The first kappa shape index (κ1) is 17.0. The highest BCUT2D eigenvalue weighted by Gasteiger charge is 2.14. The molecule has 2 aromatic carbocycles. The highest BCUT2D eigenvalue weighted by atomic mass is 35.5. The summed E-state index contributed by atoms with van der Waals surface area (Å²) in [7, 11) is 0. The first-order valence-corrected chi connectivity index (χ1v) is 7.37. The van der Waals surface area contributed by atoms with Crippen LogP contribution < -0.4 is 5.32 Å². The number of amides is 2. The largest absolute Gasteiger partial charge is 0.329 e. The average Bonchev–Trinajstić information content (AvgIpc) is 2.48. The van der Waals surface area contributed by atoms with E-state index >= 15 is 0 Å². The van der Waals surface area contributed by atoms with Crippen molar-refractivity contribution in [2.45, 2.75) is 13.5 Å². The number of halogens is 2. The predicted octanol–water partition coefficient (Wildman–Crippen LogP) is 3.47. The van der Waals surface area contributed by atoms with Gasteiger partial charge in [-0.05, 0) is 35.9 Å². The number of rotatable bonds is 5. The standard InChI is InChI=1S/C17H16ClFN2O2/c1-12(22)21(10-13-5-7-14(18)8-6-13)11-17(23)20-16-4-2-3-15(19)9-16/h2-9H,10-11H2,1H3,(H,20,23). The highest BCUT2D eigenvalue weighted by molar-refractivity contribution is 6.30. The lowest BCUT2D eigenvalue weighted by Gasteiger charge is -2.20. The van der Waals surface area contributed by atoms with Crippen LogP contribution in [0, 0.1) is 5.82 Å². The van der Waals surface area contributed by atoms with Gasteiger partial charge in [-0.2, -0.15) is 0 Å². The van der Waals surface area contributed by atoms with Gasteiger partial charge >= 0.3 is 0 Å². The van der Waals surface area contributed by atoms with Gasteiger partial charge in [0.2, 0.25) is 11.8 Å². The van der Waals surface area contributed by atoms with E-state index in [1.54, 1.807) is 30.3 Å². The molecule has 0 saturated heterocycles. The summed E-state index contributed by atoms with van der Waals surface area (Å²) in [5, 5.41) is 3.17. The fourth-order valence-corrected chi connectivity index (χ4v) is 2.15. The summed E-state index contributed by atoms with van der Waals surface area (Å²) in [6.07, 6.45) is 0. The van der Waals surface area contributed by atoms with Crippen LogP contribution in [0.5, 0.6) is 0 Å². The molecule has 0 atom stereocenters. The second-order valence-electron chi connectivity index (χ2n) is 5.06. The van der Waals surface area contributed by atoms with Gasteiger partial charge in [-0.25, -0.2) is 4.39 Å². The van der Waals surface area contributed by atoms with Crippen LogP contribution in [0.2, 0.25) is 5.02 Å². The molecule has 120 valence electrons. The van der Waals surface area contributed by atoms with Crippen LogP contribution in [-0.2, 0) is 16.1 Å². The fraction of sp³-hybridized carbons (Fsp3) is 0.176. The van der Waals surface area contributed by atoms with Crippen molar-refractivity contribution < 1.29 is 14.0 Å². The summed E-state index contributed by atoms with van der Waals surface area (Å²) in [5.41, 5.74) is 1.22. The molecule has 0 radical (unpaired) electrons. The summed E-state index contributed by atoms with van der Waals surface area (Å²) in [6.45, 7) is 1.57. The van der Waals surface area contributed by atoms with E-state index in [0.717, 1.165) is 5.56 Å². The van der Waals surface area contributed by atoms with E-state index in [9.17, 15) is 14.0 Å². The normalized spacial score (nSPS) is 10.2. The molecule has 4 nitrogen and oxygen atoms in total. The number of benzene rings is 2. The van der Waals surface area contributed by atoms with Crippen LogP contribution in [0.15, 0.2) is 48.5 Å². The van der Waals surface area contributed by atoms with Gasteiger partial charge in [0.1, 0.15) is 12.4 Å². The molecule has 1 N–H and O–H groups in total. The smallest absolute Gasteiger partial charge is 0.244 e. The number of hydrogen-bond donors (Lipinski definition) is 1. The van der Waals surface area contributed by atoms with Crippen molar-refractivity contribution in [3.63, 3.8) is 0 Å². The maximum absolute atomic E-state index is 13.1. The van der Waals surface area contributed by atoms with Crippen LogP contribution in [0.4, 0.5) is 10.1 Å². The van der Waals surface area contributed by atoms with Crippen molar-refractivity contribution in [2.24, 2.45) is 0 Å². The van der Waals surface area contributed by atoms with Gasteiger partial charge in [0.05, 0.1) is 0 Å². The third kappa shape index (κ3) is 5.38. The number of anilines is 1. The van der Waals surface area contributed by atoms with Crippen LogP contribution >= 0.6 is 11.6 Å². The molecule has 0 aliphatic carbocycles. The van der Waals surface area contributed by atoms with Crippen molar-refractivity contribution in [1.29, 1.82) is 0 Å². The number of nitrogens with zero attached hydrogens (tertiary/aromatic N) is 1. The van der Waals surface area contributed by atoms with E-state index < -0.39 is 5.82 Å². The van der Waals surface area contributed by atoms with Crippen LogP contribution in [0.1, 0.15) is 12.5 Å². The SMILES string of the molecule is CC(=O)N(CC(=O)Nc1cccc(F)c1)Cc1ccc(Cl)cc1. The molecule has 2 amide bonds. The molecule has 0 aliphatic heterocycles. The van der Waals surface area contributed by atoms with Gasteiger partial charge in [-0.1, -0.05) is 29.8 Å². The second-order valence-corrected chi connectivity index (χ2v) is 5.50. The minimum atomic E-state index is -0.438. The Morgan fingerprint density at radius 3 is 2.48 bits per heavy atom. The molecule has 23 heavy (non-hydrogen) atoms. The molecule has 0 spiro atoms. The Morgan fingerprint density at radius 2 is 1.87 bits per heavy atom. The van der Waals surface area contributed by atoms with Crippen molar-refractivity contribution in [2.75, 3.05) is 11.9 Å². The first-order valence-electron chi connectivity index (χ1n) is 6.99. The summed E-state index contributed by atoms with van der Waals surface area (Å²) < 4.78 is 13.1. The molecule has 0 bridgehead atoms. The summed E-state index contributed by atoms with van der Waals surface area (Å²) in [5.74, 6) is -1.05. The molecule has 6 heteroatoms. The molecular formula is C17H16ClFN2O2. The molecule has 0 unspecified atom stereocenters. The average molecular weight is 335 g/mol. The lowest BCUT2D eigenvalue weighted by molar-refractivity contribution is -0.133. The Balaban J connectivity index is 1.99.